The molecule has 1 aromatic rings. The van der Waals surface area contributed by atoms with Crippen LogP contribution in [0, 0.1) is 10.1 Å². The van der Waals surface area contributed by atoms with Gasteiger partial charge in [0.25, 0.3) is 0 Å². The van der Waals surface area contributed by atoms with Gasteiger partial charge in [-0.3, -0.25) is 10.1 Å². The zero-order valence-corrected chi connectivity index (χ0v) is 10.8. The van der Waals surface area contributed by atoms with Crippen LogP contribution in [0.25, 0.3) is 0 Å². The summed E-state index contributed by atoms with van der Waals surface area (Å²) in [5, 5.41) is 22.3. The van der Waals surface area contributed by atoms with E-state index in [1.807, 2.05) is 0 Å². The number of hydrogen-bond donors (Lipinski definition) is 2. The van der Waals surface area contributed by atoms with Gasteiger partial charge in [-0.15, -0.1) is 0 Å². The lowest BCUT2D eigenvalue weighted by molar-refractivity contribution is -0.384. The summed E-state index contributed by atoms with van der Waals surface area (Å²) < 4.78 is 0.579. The van der Waals surface area contributed by atoms with Crippen LogP contribution < -0.4 is 5.32 Å². The van der Waals surface area contributed by atoms with Crippen LogP contribution in [-0.4, -0.2) is 28.2 Å². The molecule has 1 rings (SSSR count). The Morgan fingerprint density at radius 2 is 2.24 bits per heavy atom. The molecule has 6 nitrogen and oxygen atoms in total. The van der Waals surface area contributed by atoms with Gasteiger partial charge in [-0.2, -0.15) is 0 Å². The molecule has 1 aromatic heterocycles. The molecule has 94 valence electrons. The summed E-state index contributed by atoms with van der Waals surface area (Å²) in [6.07, 6.45) is 3.99. The Bertz CT molecular complexity index is 387. The number of nitrogens with zero attached hydrogens (tertiary/aromatic N) is 2. The van der Waals surface area contributed by atoms with Gasteiger partial charge in [-0.25, -0.2) is 4.98 Å². The Labute approximate surface area is 107 Å². The largest absolute Gasteiger partial charge is 0.396 e. The van der Waals surface area contributed by atoms with E-state index in [1.54, 1.807) is 0 Å². The van der Waals surface area contributed by atoms with Gasteiger partial charge >= 0.3 is 5.69 Å². The fraction of sp³-hybridized carbons (Fsp3) is 0.500. The number of nitro groups is 1. The van der Waals surface area contributed by atoms with Crippen molar-refractivity contribution in [3.63, 3.8) is 0 Å². The standard InChI is InChI=1S/C10H14BrN3O3/c11-8-6-9(14(16)17)10(13-7-8)12-4-2-1-3-5-15/h6-7,15H,1-5H2,(H,12,13). The maximum atomic E-state index is 10.8. The van der Waals surface area contributed by atoms with E-state index in [1.165, 1.54) is 12.3 Å². The molecule has 2 N–H and O–H groups in total. The lowest BCUT2D eigenvalue weighted by atomic mass is 10.2. The molecular weight excluding hydrogens is 290 g/mol. The van der Waals surface area contributed by atoms with E-state index in [0.717, 1.165) is 19.3 Å². The van der Waals surface area contributed by atoms with Crippen molar-refractivity contribution in [3.05, 3.63) is 26.9 Å². The second-order valence-electron chi connectivity index (χ2n) is 3.49. The third-order valence-electron chi connectivity index (χ3n) is 2.16. The molecule has 17 heavy (non-hydrogen) atoms. The molecule has 0 aliphatic carbocycles. The van der Waals surface area contributed by atoms with E-state index >= 15 is 0 Å². The van der Waals surface area contributed by atoms with Gasteiger partial charge in [-0.05, 0) is 35.2 Å². The van der Waals surface area contributed by atoms with Crippen molar-refractivity contribution in [2.75, 3.05) is 18.5 Å². The summed E-state index contributed by atoms with van der Waals surface area (Å²) in [5.74, 6) is 0.280. The summed E-state index contributed by atoms with van der Waals surface area (Å²) in [7, 11) is 0. The first kappa shape index (κ1) is 13.9. The number of aromatic nitrogens is 1. The van der Waals surface area contributed by atoms with Crippen molar-refractivity contribution in [1.82, 2.24) is 4.98 Å². The number of aliphatic hydroxyl groups excluding tert-OH is 1. The van der Waals surface area contributed by atoms with E-state index in [-0.39, 0.29) is 18.1 Å². The first-order valence-electron chi connectivity index (χ1n) is 5.30. The SMILES string of the molecule is O=[N+]([O-])c1cc(Br)cnc1NCCCCCO. The maximum absolute atomic E-state index is 10.8. The molecule has 0 saturated carbocycles. The number of rotatable bonds is 7. The molecular formula is C10H14BrN3O3. The number of nitrogens with one attached hydrogen (secondary N) is 1. The van der Waals surface area contributed by atoms with Gasteiger partial charge in [-0.1, -0.05) is 0 Å². The van der Waals surface area contributed by atoms with Crippen molar-refractivity contribution in [2.45, 2.75) is 19.3 Å². The predicted octanol–water partition coefficient (Wildman–Crippen LogP) is 2.33. The molecule has 0 aliphatic rings. The average Bonchev–Trinajstić information content (AvgIpc) is 2.30. The number of unbranched alkanes of at least 4 members (excludes halogenated alkanes) is 2. The van der Waals surface area contributed by atoms with Crippen LogP contribution in [0.3, 0.4) is 0 Å². The summed E-state index contributed by atoms with van der Waals surface area (Å²) in [5.41, 5.74) is -0.0402. The van der Waals surface area contributed by atoms with Crippen LogP contribution in [0.4, 0.5) is 11.5 Å². The topological polar surface area (TPSA) is 88.3 Å². The quantitative estimate of drug-likeness (QED) is 0.458. The third kappa shape index (κ3) is 4.66. The highest BCUT2D eigenvalue weighted by Gasteiger charge is 2.14. The van der Waals surface area contributed by atoms with Crippen LogP contribution in [-0.2, 0) is 0 Å². The van der Waals surface area contributed by atoms with Gasteiger partial charge in [0.2, 0.25) is 5.82 Å². The van der Waals surface area contributed by atoms with Crippen molar-refractivity contribution >= 4 is 27.4 Å². The number of halogens is 1. The molecule has 0 spiro atoms. The number of hydrogen-bond acceptors (Lipinski definition) is 5. The molecule has 0 radical (unpaired) electrons. The molecule has 0 unspecified atom stereocenters. The predicted molar refractivity (Wildman–Crippen MR) is 68.0 cm³/mol. The summed E-state index contributed by atoms with van der Waals surface area (Å²) in [4.78, 5) is 14.3. The number of pyridine rings is 1. The maximum Gasteiger partial charge on any atom is 0.312 e. The fourth-order valence-corrected chi connectivity index (χ4v) is 1.64. The minimum atomic E-state index is -0.464. The van der Waals surface area contributed by atoms with E-state index in [2.05, 4.69) is 26.2 Å². The second-order valence-corrected chi connectivity index (χ2v) is 4.41. The van der Waals surface area contributed by atoms with E-state index in [0.29, 0.717) is 11.0 Å². The zero-order chi connectivity index (χ0) is 12.7. The molecule has 0 amide bonds. The summed E-state index contributed by atoms with van der Waals surface area (Å²) in [6, 6.07) is 1.42. The van der Waals surface area contributed by atoms with Crippen molar-refractivity contribution in [1.29, 1.82) is 0 Å². The Morgan fingerprint density at radius 3 is 2.88 bits per heavy atom. The van der Waals surface area contributed by atoms with Gasteiger partial charge in [0.05, 0.1) is 4.92 Å². The van der Waals surface area contributed by atoms with Crippen LogP contribution in [0.1, 0.15) is 19.3 Å². The van der Waals surface area contributed by atoms with Crippen molar-refractivity contribution < 1.29 is 10.0 Å². The van der Waals surface area contributed by atoms with Gasteiger partial charge in [0.1, 0.15) is 0 Å². The second kappa shape index (κ2) is 7.18. The fourth-order valence-electron chi connectivity index (χ4n) is 1.32. The molecule has 0 aliphatic heterocycles. The van der Waals surface area contributed by atoms with Crippen LogP contribution in [0.15, 0.2) is 16.7 Å². The lowest BCUT2D eigenvalue weighted by Gasteiger charge is -2.05. The lowest BCUT2D eigenvalue weighted by Crippen LogP contribution is -2.06. The van der Waals surface area contributed by atoms with Crippen LogP contribution in [0.2, 0.25) is 0 Å². The number of aliphatic hydroxyl groups is 1. The average molecular weight is 304 g/mol. The highest BCUT2D eigenvalue weighted by atomic mass is 79.9. The van der Waals surface area contributed by atoms with E-state index < -0.39 is 4.92 Å². The molecule has 0 fully saturated rings. The Kier molecular flexibility index (Phi) is 5.85. The Balaban J connectivity index is 2.55. The number of anilines is 1. The molecule has 0 bridgehead atoms. The molecule has 0 saturated heterocycles. The van der Waals surface area contributed by atoms with Crippen molar-refractivity contribution in [3.8, 4) is 0 Å². The van der Waals surface area contributed by atoms with Crippen LogP contribution >= 0.6 is 15.9 Å². The molecule has 0 atom stereocenters. The normalized spacial score (nSPS) is 10.2. The smallest absolute Gasteiger partial charge is 0.312 e. The Morgan fingerprint density at radius 1 is 1.47 bits per heavy atom. The van der Waals surface area contributed by atoms with Gasteiger partial charge < -0.3 is 10.4 Å². The minimum absolute atomic E-state index is 0.0402. The van der Waals surface area contributed by atoms with Gasteiger partial charge in [0, 0.05) is 29.9 Å². The van der Waals surface area contributed by atoms with Crippen molar-refractivity contribution in [2.24, 2.45) is 0 Å². The van der Waals surface area contributed by atoms with E-state index in [9.17, 15) is 10.1 Å². The van der Waals surface area contributed by atoms with Crippen LogP contribution in [0.5, 0.6) is 0 Å². The monoisotopic (exact) mass is 303 g/mol. The first-order chi connectivity index (χ1) is 8.15. The molecule has 7 heteroatoms. The summed E-state index contributed by atoms with van der Waals surface area (Å²) in [6.45, 7) is 0.784. The molecule has 1 heterocycles. The minimum Gasteiger partial charge on any atom is -0.396 e. The van der Waals surface area contributed by atoms with Gasteiger partial charge in [0.15, 0.2) is 0 Å². The highest BCUT2D eigenvalue weighted by molar-refractivity contribution is 9.10. The molecule has 0 aromatic carbocycles. The highest BCUT2D eigenvalue weighted by Crippen LogP contribution is 2.25. The third-order valence-corrected chi connectivity index (χ3v) is 2.59. The van der Waals surface area contributed by atoms with E-state index in [4.69, 9.17) is 5.11 Å². The Hall–Kier alpha value is -1.21. The summed E-state index contributed by atoms with van der Waals surface area (Å²) >= 11 is 3.14. The first-order valence-corrected chi connectivity index (χ1v) is 6.09. The zero-order valence-electron chi connectivity index (χ0n) is 9.23.